The molecule has 3 heteroatoms. The van der Waals surface area contributed by atoms with Crippen molar-refractivity contribution in [2.75, 3.05) is 18.4 Å². The van der Waals surface area contributed by atoms with Crippen molar-refractivity contribution < 1.29 is 4.74 Å². The first-order valence-corrected chi connectivity index (χ1v) is 7.29. The summed E-state index contributed by atoms with van der Waals surface area (Å²) in [6, 6.07) is 6.99. The summed E-state index contributed by atoms with van der Waals surface area (Å²) in [6.07, 6.45) is 2.23. The van der Waals surface area contributed by atoms with E-state index in [4.69, 9.17) is 4.74 Å². The van der Waals surface area contributed by atoms with Crippen LogP contribution in [0.15, 0.2) is 18.2 Å². The summed E-state index contributed by atoms with van der Waals surface area (Å²) in [4.78, 5) is 0. The number of rotatable bonds is 5. The molecule has 1 aromatic rings. The molecule has 3 nitrogen and oxygen atoms in total. The molecule has 2 rings (SSSR count). The molecular weight excluding hydrogens is 236 g/mol. The minimum atomic E-state index is -0.121. The summed E-state index contributed by atoms with van der Waals surface area (Å²) < 4.78 is 5.97. The van der Waals surface area contributed by atoms with Crippen LogP contribution in [0.25, 0.3) is 0 Å². The van der Waals surface area contributed by atoms with Gasteiger partial charge < -0.3 is 15.4 Å². The summed E-state index contributed by atoms with van der Waals surface area (Å²) >= 11 is 0. The minimum absolute atomic E-state index is 0.121. The number of anilines is 1. The van der Waals surface area contributed by atoms with Crippen LogP contribution < -0.4 is 15.4 Å². The summed E-state index contributed by atoms with van der Waals surface area (Å²) in [6.45, 7) is 10.6. The predicted octanol–water partition coefficient (Wildman–Crippen LogP) is 3.20. The van der Waals surface area contributed by atoms with Crippen LogP contribution in [0.2, 0.25) is 0 Å². The SMILES string of the molecule is CCCNC(C)Cc1ccc2c(c1)NCC(C)(C)O2. The zero-order valence-corrected chi connectivity index (χ0v) is 12.5. The fourth-order valence-corrected chi connectivity index (χ4v) is 2.39. The van der Waals surface area contributed by atoms with Gasteiger partial charge in [-0.25, -0.2) is 0 Å². The molecule has 0 aromatic heterocycles. The molecule has 0 aliphatic carbocycles. The van der Waals surface area contributed by atoms with Gasteiger partial charge in [0.05, 0.1) is 12.2 Å². The van der Waals surface area contributed by atoms with Gasteiger partial charge in [-0.1, -0.05) is 13.0 Å². The van der Waals surface area contributed by atoms with E-state index in [2.05, 4.69) is 56.5 Å². The molecule has 106 valence electrons. The first kappa shape index (κ1) is 14.2. The van der Waals surface area contributed by atoms with Gasteiger partial charge in [0.15, 0.2) is 0 Å². The Morgan fingerprint density at radius 3 is 2.95 bits per heavy atom. The lowest BCUT2D eigenvalue weighted by molar-refractivity contribution is 0.116. The van der Waals surface area contributed by atoms with E-state index in [1.54, 1.807) is 0 Å². The monoisotopic (exact) mass is 262 g/mol. The van der Waals surface area contributed by atoms with Gasteiger partial charge in [-0.3, -0.25) is 0 Å². The number of fused-ring (bicyclic) bond motifs is 1. The van der Waals surface area contributed by atoms with Crippen LogP contribution in [0.4, 0.5) is 5.69 Å². The second-order valence-corrected chi connectivity index (χ2v) is 6.11. The zero-order chi connectivity index (χ0) is 13.9. The summed E-state index contributed by atoms with van der Waals surface area (Å²) in [5, 5.41) is 6.99. The Morgan fingerprint density at radius 2 is 2.21 bits per heavy atom. The average molecular weight is 262 g/mol. The predicted molar refractivity (Wildman–Crippen MR) is 81.1 cm³/mol. The standard InChI is InChI=1S/C16H26N2O/c1-5-8-17-12(2)9-13-6-7-15-14(10-13)18-11-16(3,4)19-15/h6-7,10,12,17-18H,5,8-9,11H2,1-4H3. The third-order valence-electron chi connectivity index (χ3n) is 3.42. The van der Waals surface area contributed by atoms with Crippen LogP contribution in [-0.4, -0.2) is 24.7 Å². The third kappa shape index (κ3) is 3.87. The second kappa shape index (κ2) is 5.83. The normalized spacial score (nSPS) is 18.1. The van der Waals surface area contributed by atoms with E-state index >= 15 is 0 Å². The molecule has 1 aromatic carbocycles. The largest absolute Gasteiger partial charge is 0.484 e. The summed E-state index contributed by atoms with van der Waals surface area (Å²) in [5.41, 5.74) is 2.36. The highest BCUT2D eigenvalue weighted by molar-refractivity contribution is 5.60. The molecule has 0 bridgehead atoms. The molecule has 2 N–H and O–H groups in total. The molecule has 0 saturated carbocycles. The maximum Gasteiger partial charge on any atom is 0.143 e. The maximum atomic E-state index is 5.97. The molecule has 1 unspecified atom stereocenters. The molecule has 0 fully saturated rings. The van der Waals surface area contributed by atoms with Crippen molar-refractivity contribution in [1.82, 2.24) is 5.32 Å². The molecule has 1 atom stereocenters. The Bertz CT molecular complexity index is 429. The van der Waals surface area contributed by atoms with Gasteiger partial charge in [0.25, 0.3) is 0 Å². The van der Waals surface area contributed by atoms with Crippen molar-refractivity contribution in [3.05, 3.63) is 23.8 Å². The summed E-state index contributed by atoms with van der Waals surface area (Å²) in [7, 11) is 0. The second-order valence-electron chi connectivity index (χ2n) is 6.11. The van der Waals surface area contributed by atoms with E-state index in [0.29, 0.717) is 6.04 Å². The van der Waals surface area contributed by atoms with Crippen molar-refractivity contribution in [2.45, 2.75) is 52.2 Å². The van der Waals surface area contributed by atoms with Crippen LogP contribution in [0, 0.1) is 0 Å². The van der Waals surface area contributed by atoms with Gasteiger partial charge in [0.2, 0.25) is 0 Å². The van der Waals surface area contributed by atoms with Crippen molar-refractivity contribution >= 4 is 5.69 Å². The lowest BCUT2D eigenvalue weighted by Gasteiger charge is -2.33. The van der Waals surface area contributed by atoms with Gasteiger partial charge in [-0.2, -0.15) is 0 Å². The van der Waals surface area contributed by atoms with E-state index < -0.39 is 0 Å². The molecule has 1 heterocycles. The number of ether oxygens (including phenoxy) is 1. The number of benzene rings is 1. The smallest absolute Gasteiger partial charge is 0.143 e. The van der Waals surface area contributed by atoms with E-state index in [-0.39, 0.29) is 5.60 Å². The van der Waals surface area contributed by atoms with E-state index in [9.17, 15) is 0 Å². The molecule has 0 saturated heterocycles. The maximum absolute atomic E-state index is 5.97. The Labute approximate surface area is 116 Å². The quantitative estimate of drug-likeness (QED) is 0.855. The zero-order valence-electron chi connectivity index (χ0n) is 12.5. The number of nitrogens with one attached hydrogen (secondary N) is 2. The number of hydrogen-bond acceptors (Lipinski definition) is 3. The molecule has 1 aliphatic rings. The van der Waals surface area contributed by atoms with Crippen molar-refractivity contribution in [1.29, 1.82) is 0 Å². The van der Waals surface area contributed by atoms with Gasteiger partial charge in [-0.05, 0) is 57.9 Å². The van der Waals surface area contributed by atoms with E-state index in [1.165, 1.54) is 12.0 Å². The van der Waals surface area contributed by atoms with Crippen LogP contribution >= 0.6 is 0 Å². The third-order valence-corrected chi connectivity index (χ3v) is 3.42. The highest BCUT2D eigenvalue weighted by Gasteiger charge is 2.26. The highest BCUT2D eigenvalue weighted by atomic mass is 16.5. The molecule has 1 aliphatic heterocycles. The first-order valence-electron chi connectivity index (χ1n) is 7.29. The van der Waals surface area contributed by atoms with Crippen molar-refractivity contribution in [2.24, 2.45) is 0 Å². The fraction of sp³-hybridized carbons (Fsp3) is 0.625. The van der Waals surface area contributed by atoms with E-state index in [1.807, 2.05) is 0 Å². The van der Waals surface area contributed by atoms with Crippen molar-refractivity contribution in [3.63, 3.8) is 0 Å². The summed E-state index contributed by atoms with van der Waals surface area (Å²) in [5.74, 6) is 0.967. The highest BCUT2D eigenvalue weighted by Crippen LogP contribution is 2.33. The van der Waals surface area contributed by atoms with Gasteiger partial charge in [-0.15, -0.1) is 0 Å². The molecule has 0 spiro atoms. The van der Waals surface area contributed by atoms with Crippen LogP contribution in [0.1, 0.15) is 39.7 Å². The Balaban J connectivity index is 2.02. The van der Waals surface area contributed by atoms with Crippen LogP contribution in [-0.2, 0) is 6.42 Å². The van der Waals surface area contributed by atoms with Gasteiger partial charge in [0.1, 0.15) is 11.4 Å². The molecular formula is C16H26N2O. The first-order chi connectivity index (χ1) is 9.00. The minimum Gasteiger partial charge on any atom is -0.484 e. The fourth-order valence-electron chi connectivity index (χ4n) is 2.39. The Morgan fingerprint density at radius 1 is 1.42 bits per heavy atom. The van der Waals surface area contributed by atoms with Crippen LogP contribution in [0.3, 0.4) is 0 Å². The molecule has 0 amide bonds. The average Bonchev–Trinajstić information content (AvgIpc) is 2.36. The van der Waals surface area contributed by atoms with Gasteiger partial charge in [0, 0.05) is 6.04 Å². The van der Waals surface area contributed by atoms with E-state index in [0.717, 1.165) is 30.9 Å². The molecule has 0 radical (unpaired) electrons. The Kier molecular flexibility index (Phi) is 4.35. The molecule has 19 heavy (non-hydrogen) atoms. The van der Waals surface area contributed by atoms with Crippen molar-refractivity contribution in [3.8, 4) is 5.75 Å². The van der Waals surface area contributed by atoms with Gasteiger partial charge >= 0.3 is 0 Å². The lowest BCUT2D eigenvalue weighted by Crippen LogP contribution is -2.40. The lowest BCUT2D eigenvalue weighted by atomic mass is 10.0. The topological polar surface area (TPSA) is 33.3 Å². The van der Waals surface area contributed by atoms with Crippen LogP contribution in [0.5, 0.6) is 5.75 Å². The number of hydrogen-bond donors (Lipinski definition) is 2. The Hall–Kier alpha value is -1.22.